The zero-order chi connectivity index (χ0) is 18.8. The van der Waals surface area contributed by atoms with Crippen molar-refractivity contribution in [2.75, 3.05) is 6.54 Å². The van der Waals surface area contributed by atoms with Gasteiger partial charge in [0.1, 0.15) is 0 Å². The van der Waals surface area contributed by atoms with Gasteiger partial charge in [0.05, 0.1) is 22.0 Å². The predicted molar refractivity (Wildman–Crippen MR) is 115 cm³/mol. The number of para-hydroxylation sites is 1. The van der Waals surface area contributed by atoms with Crippen molar-refractivity contribution < 1.29 is 0 Å². The first-order valence-corrected chi connectivity index (χ1v) is 10.1. The molecule has 0 saturated heterocycles. The Morgan fingerprint density at radius 1 is 1.15 bits per heavy atom. The highest BCUT2D eigenvalue weighted by molar-refractivity contribution is 7.07. The predicted octanol–water partition coefficient (Wildman–Crippen LogP) is 5.81. The highest BCUT2D eigenvalue weighted by atomic mass is 35.5. The lowest BCUT2D eigenvalue weighted by Crippen LogP contribution is -2.12. The van der Waals surface area contributed by atoms with Crippen molar-refractivity contribution in [3.63, 3.8) is 0 Å². The molecule has 27 heavy (non-hydrogen) atoms. The monoisotopic (exact) mass is 414 g/mol. The smallest absolute Gasteiger partial charge is 0.206 e. The lowest BCUT2D eigenvalue weighted by molar-refractivity contribution is 0.833. The van der Waals surface area contributed by atoms with Gasteiger partial charge < -0.3 is 4.98 Å². The molecule has 0 radical (unpaired) electrons. The molecular formula is C20H16Cl2N4S. The van der Waals surface area contributed by atoms with Crippen LogP contribution in [0.25, 0.3) is 22.2 Å². The van der Waals surface area contributed by atoms with Crippen LogP contribution in [-0.4, -0.2) is 22.4 Å². The van der Waals surface area contributed by atoms with Gasteiger partial charge in [0.25, 0.3) is 0 Å². The minimum atomic E-state index is 0.515. The van der Waals surface area contributed by atoms with Gasteiger partial charge in [-0.25, -0.2) is 4.68 Å². The van der Waals surface area contributed by atoms with Crippen molar-refractivity contribution in [3.8, 4) is 11.3 Å². The van der Waals surface area contributed by atoms with E-state index in [1.54, 1.807) is 17.4 Å². The normalized spacial score (nSPS) is 12.5. The van der Waals surface area contributed by atoms with Gasteiger partial charge >= 0.3 is 0 Å². The zero-order valence-corrected chi connectivity index (χ0v) is 16.8. The molecule has 0 atom stereocenters. The van der Waals surface area contributed by atoms with E-state index < -0.39 is 0 Å². The summed E-state index contributed by atoms with van der Waals surface area (Å²) in [5.74, 6) is 0. The summed E-state index contributed by atoms with van der Waals surface area (Å²) in [5, 5.41) is 8.92. The number of aromatic nitrogens is 2. The fourth-order valence-corrected chi connectivity index (χ4v) is 4.03. The number of thiazole rings is 1. The molecule has 0 aliphatic heterocycles. The van der Waals surface area contributed by atoms with E-state index in [4.69, 9.17) is 28.3 Å². The van der Waals surface area contributed by atoms with E-state index in [1.165, 1.54) is 0 Å². The van der Waals surface area contributed by atoms with Crippen LogP contribution in [0.15, 0.2) is 64.1 Å². The first kappa shape index (κ1) is 18.0. The quantitative estimate of drug-likeness (QED) is 0.409. The number of benzene rings is 2. The molecule has 1 N–H and O–H groups in total. The molecule has 4 nitrogen and oxygen atoms in total. The molecule has 136 valence electrons. The third-order valence-electron chi connectivity index (χ3n) is 4.13. The van der Waals surface area contributed by atoms with Gasteiger partial charge in [0, 0.05) is 40.2 Å². The van der Waals surface area contributed by atoms with Gasteiger partial charge in [-0.3, -0.25) is 4.99 Å². The van der Waals surface area contributed by atoms with E-state index in [1.807, 2.05) is 59.7 Å². The van der Waals surface area contributed by atoms with Crippen LogP contribution >= 0.6 is 34.5 Å². The van der Waals surface area contributed by atoms with Crippen molar-refractivity contribution in [1.82, 2.24) is 9.66 Å². The zero-order valence-electron chi connectivity index (χ0n) is 14.5. The Labute approximate surface area is 170 Å². The number of aromatic amines is 1. The first-order valence-electron chi connectivity index (χ1n) is 8.44. The summed E-state index contributed by atoms with van der Waals surface area (Å²) in [7, 11) is 0. The SMILES string of the molecule is CCN=c1scc(-c2ccc(Cl)c(Cl)c2)n1N=Cc1c[nH]c2ccccc12. The summed E-state index contributed by atoms with van der Waals surface area (Å²) in [6, 6.07) is 13.7. The summed E-state index contributed by atoms with van der Waals surface area (Å²) in [4.78, 5) is 8.65. The number of nitrogens with one attached hydrogen (secondary N) is 1. The molecule has 0 amide bonds. The second-order valence-electron chi connectivity index (χ2n) is 5.85. The van der Waals surface area contributed by atoms with Crippen LogP contribution in [0.1, 0.15) is 12.5 Å². The van der Waals surface area contributed by atoms with Crippen LogP contribution in [0.2, 0.25) is 10.0 Å². The Morgan fingerprint density at radius 3 is 2.81 bits per heavy atom. The van der Waals surface area contributed by atoms with Crippen molar-refractivity contribution in [3.05, 3.63) is 74.5 Å². The summed E-state index contributed by atoms with van der Waals surface area (Å²) < 4.78 is 1.84. The fourth-order valence-electron chi connectivity index (χ4n) is 2.83. The molecule has 2 aromatic heterocycles. The number of fused-ring (bicyclic) bond motifs is 1. The minimum Gasteiger partial charge on any atom is -0.361 e. The molecule has 0 fully saturated rings. The van der Waals surface area contributed by atoms with Crippen molar-refractivity contribution >= 4 is 51.7 Å². The van der Waals surface area contributed by atoms with E-state index in [9.17, 15) is 0 Å². The van der Waals surface area contributed by atoms with Crippen LogP contribution in [0.3, 0.4) is 0 Å². The van der Waals surface area contributed by atoms with E-state index in [2.05, 4.69) is 16.0 Å². The van der Waals surface area contributed by atoms with Crippen molar-refractivity contribution in [2.45, 2.75) is 6.92 Å². The second-order valence-corrected chi connectivity index (χ2v) is 7.50. The number of hydrogen-bond donors (Lipinski definition) is 1. The highest BCUT2D eigenvalue weighted by Gasteiger charge is 2.10. The number of halogens is 2. The van der Waals surface area contributed by atoms with Gasteiger partial charge in [-0.2, -0.15) is 5.10 Å². The van der Waals surface area contributed by atoms with Gasteiger partial charge in [-0.15, -0.1) is 11.3 Å². The topological polar surface area (TPSA) is 45.4 Å². The summed E-state index contributed by atoms with van der Waals surface area (Å²) >= 11 is 13.8. The Hall–Kier alpha value is -2.34. The van der Waals surface area contributed by atoms with E-state index in [0.29, 0.717) is 16.6 Å². The van der Waals surface area contributed by atoms with Crippen LogP contribution < -0.4 is 4.80 Å². The minimum absolute atomic E-state index is 0.515. The first-order chi connectivity index (χ1) is 13.2. The highest BCUT2D eigenvalue weighted by Crippen LogP contribution is 2.29. The van der Waals surface area contributed by atoms with E-state index in [-0.39, 0.29) is 0 Å². The third-order valence-corrected chi connectivity index (χ3v) is 5.72. The molecule has 0 saturated carbocycles. The van der Waals surface area contributed by atoms with Gasteiger partial charge in [-0.1, -0.05) is 47.5 Å². The molecule has 2 aromatic carbocycles. The Balaban J connectivity index is 1.82. The largest absolute Gasteiger partial charge is 0.361 e. The van der Waals surface area contributed by atoms with E-state index in [0.717, 1.165) is 32.5 Å². The number of rotatable bonds is 4. The fraction of sp³-hybridized carbons (Fsp3) is 0.100. The maximum absolute atomic E-state index is 6.20. The Bertz CT molecular complexity index is 1200. The Kier molecular flexibility index (Phi) is 5.16. The Morgan fingerprint density at radius 2 is 2.00 bits per heavy atom. The number of nitrogens with zero attached hydrogens (tertiary/aromatic N) is 3. The maximum Gasteiger partial charge on any atom is 0.206 e. The lowest BCUT2D eigenvalue weighted by Gasteiger charge is -2.05. The van der Waals surface area contributed by atoms with Crippen LogP contribution in [-0.2, 0) is 0 Å². The molecule has 4 aromatic rings. The van der Waals surface area contributed by atoms with Crippen molar-refractivity contribution in [1.29, 1.82) is 0 Å². The summed E-state index contributed by atoms with van der Waals surface area (Å²) in [6.07, 6.45) is 3.80. The third kappa shape index (κ3) is 3.58. The molecule has 0 aliphatic rings. The molecule has 0 spiro atoms. The van der Waals surface area contributed by atoms with Gasteiger partial charge in [-0.05, 0) is 25.1 Å². The van der Waals surface area contributed by atoms with Crippen LogP contribution in [0.4, 0.5) is 0 Å². The maximum atomic E-state index is 6.20. The molecular weight excluding hydrogens is 399 g/mol. The average molecular weight is 415 g/mol. The molecule has 7 heteroatoms. The number of hydrogen-bond acceptors (Lipinski definition) is 3. The molecule has 0 aliphatic carbocycles. The summed E-state index contributed by atoms with van der Waals surface area (Å²) in [5.41, 5.74) is 3.96. The molecule has 2 heterocycles. The molecule has 0 unspecified atom stereocenters. The average Bonchev–Trinajstić information content (AvgIpc) is 3.27. The van der Waals surface area contributed by atoms with Gasteiger partial charge in [0.2, 0.25) is 4.80 Å². The second kappa shape index (κ2) is 7.72. The van der Waals surface area contributed by atoms with E-state index >= 15 is 0 Å². The van der Waals surface area contributed by atoms with Crippen molar-refractivity contribution in [2.24, 2.45) is 10.1 Å². The molecule has 4 rings (SSSR count). The number of H-pyrrole nitrogens is 1. The van der Waals surface area contributed by atoms with Crippen LogP contribution in [0, 0.1) is 0 Å². The standard InChI is InChI=1S/C20H16Cl2N4S/c1-2-23-20-26(19(12-27-20)13-7-8-16(21)17(22)9-13)25-11-14-10-24-18-6-4-3-5-15(14)18/h3-12,24H,2H2,1H3. The lowest BCUT2D eigenvalue weighted by atomic mass is 10.2. The van der Waals surface area contributed by atoms with Gasteiger partial charge in [0.15, 0.2) is 0 Å². The molecule has 0 bridgehead atoms. The van der Waals surface area contributed by atoms with Crippen LogP contribution in [0.5, 0.6) is 0 Å². The summed E-state index contributed by atoms with van der Waals surface area (Å²) in [6.45, 7) is 2.69.